The molecule has 0 saturated heterocycles. The van der Waals surface area contributed by atoms with Crippen molar-refractivity contribution in [2.45, 2.75) is 70.8 Å². The van der Waals surface area contributed by atoms with Crippen molar-refractivity contribution >= 4 is 22.6 Å². The number of ether oxygens (including phenoxy) is 1. The van der Waals surface area contributed by atoms with Gasteiger partial charge < -0.3 is 9.72 Å². The Morgan fingerprint density at radius 1 is 1.29 bits per heavy atom. The molecule has 2 rings (SSSR count). The molecule has 118 valence electrons. The lowest BCUT2D eigenvalue weighted by atomic mass is 9.95. The smallest absolute Gasteiger partial charge is 0.264 e. The van der Waals surface area contributed by atoms with Crippen LogP contribution in [0.3, 0.4) is 0 Å². The quantitative estimate of drug-likeness (QED) is 0.727. The molecule has 0 radical (unpaired) electrons. The van der Waals surface area contributed by atoms with E-state index in [1.54, 1.807) is 0 Å². The Hall–Kier alpha value is -0.430. The van der Waals surface area contributed by atoms with Crippen molar-refractivity contribution in [3.8, 4) is 0 Å². The van der Waals surface area contributed by atoms with Gasteiger partial charge in [0.05, 0.1) is 9.26 Å². The molecule has 1 saturated carbocycles. The zero-order valence-electron chi connectivity index (χ0n) is 13.2. The van der Waals surface area contributed by atoms with Crippen molar-refractivity contribution in [1.82, 2.24) is 9.97 Å². The zero-order chi connectivity index (χ0) is 15.5. The van der Waals surface area contributed by atoms with E-state index in [4.69, 9.17) is 9.72 Å². The summed E-state index contributed by atoms with van der Waals surface area (Å²) in [5.74, 6) is 1.15. The molecule has 1 N–H and O–H groups in total. The Morgan fingerprint density at radius 3 is 2.43 bits per heavy atom. The van der Waals surface area contributed by atoms with Gasteiger partial charge in [0.25, 0.3) is 5.56 Å². The van der Waals surface area contributed by atoms with Crippen LogP contribution in [0.5, 0.6) is 0 Å². The third-order valence-electron chi connectivity index (χ3n) is 4.62. The van der Waals surface area contributed by atoms with Crippen LogP contribution in [-0.2, 0) is 10.3 Å². The van der Waals surface area contributed by atoms with Crippen LogP contribution in [0.25, 0.3) is 0 Å². The first-order valence-electron chi connectivity index (χ1n) is 8.02. The Balaban J connectivity index is 2.51. The molecule has 0 unspecified atom stereocenters. The van der Waals surface area contributed by atoms with Crippen LogP contribution in [0.2, 0.25) is 0 Å². The third kappa shape index (κ3) is 3.33. The monoisotopic (exact) mass is 404 g/mol. The largest absolute Gasteiger partial charge is 0.367 e. The van der Waals surface area contributed by atoms with Crippen molar-refractivity contribution in [3.05, 3.63) is 25.4 Å². The number of halogens is 1. The summed E-state index contributed by atoms with van der Waals surface area (Å²) >= 11 is 2.14. The molecule has 0 amide bonds. The fraction of sp³-hybridized carbons (Fsp3) is 0.750. The van der Waals surface area contributed by atoms with Gasteiger partial charge in [-0.3, -0.25) is 4.79 Å². The van der Waals surface area contributed by atoms with Gasteiger partial charge >= 0.3 is 0 Å². The maximum absolute atomic E-state index is 12.3. The average Bonchev–Trinajstić information content (AvgIpc) is 3.01. The molecule has 1 aromatic rings. The number of hydrogen-bond acceptors (Lipinski definition) is 3. The lowest BCUT2D eigenvalue weighted by molar-refractivity contribution is -0.0575. The topological polar surface area (TPSA) is 55.0 Å². The summed E-state index contributed by atoms with van der Waals surface area (Å²) < 4.78 is 6.74. The number of nitrogens with zero attached hydrogens (tertiary/aromatic N) is 1. The summed E-state index contributed by atoms with van der Waals surface area (Å²) in [7, 11) is 0. The van der Waals surface area contributed by atoms with Gasteiger partial charge in [-0.25, -0.2) is 4.98 Å². The summed E-state index contributed by atoms with van der Waals surface area (Å²) in [6.45, 7) is 6.79. The standard InChI is InChI=1S/C16H25IN2O2/c1-4-16(5-2,21-6-3)15-18-13(11-9-7-8-10-11)12(17)14(20)19-15/h11H,4-10H2,1-3H3,(H,18,19,20). The summed E-state index contributed by atoms with van der Waals surface area (Å²) in [6.07, 6.45) is 6.39. The second kappa shape index (κ2) is 7.22. The minimum Gasteiger partial charge on any atom is -0.367 e. The van der Waals surface area contributed by atoms with Crippen molar-refractivity contribution < 1.29 is 4.74 Å². The first-order chi connectivity index (χ1) is 10.1. The molecule has 1 heterocycles. The van der Waals surface area contributed by atoms with Gasteiger partial charge in [-0.1, -0.05) is 26.7 Å². The van der Waals surface area contributed by atoms with E-state index in [-0.39, 0.29) is 5.56 Å². The SMILES string of the molecule is CCOC(CC)(CC)c1nc(C2CCCC2)c(I)c(=O)[nH]1. The fourth-order valence-corrected chi connectivity index (χ4v) is 3.99. The molecule has 1 aromatic heterocycles. The summed E-state index contributed by atoms with van der Waals surface area (Å²) in [5, 5.41) is 0. The van der Waals surface area contributed by atoms with E-state index < -0.39 is 5.60 Å². The molecule has 1 aliphatic rings. The molecule has 0 aromatic carbocycles. The van der Waals surface area contributed by atoms with Crippen LogP contribution in [0.15, 0.2) is 4.79 Å². The predicted octanol–water partition coefficient (Wildman–Crippen LogP) is 4.08. The molecule has 0 atom stereocenters. The second-order valence-electron chi connectivity index (χ2n) is 5.73. The molecular weight excluding hydrogens is 379 g/mol. The highest BCUT2D eigenvalue weighted by molar-refractivity contribution is 14.1. The molecule has 5 heteroatoms. The highest BCUT2D eigenvalue weighted by Gasteiger charge is 2.34. The van der Waals surface area contributed by atoms with Crippen LogP contribution in [0, 0.1) is 3.57 Å². The van der Waals surface area contributed by atoms with E-state index in [1.807, 2.05) is 6.92 Å². The molecule has 21 heavy (non-hydrogen) atoms. The average molecular weight is 404 g/mol. The van der Waals surface area contributed by atoms with Gasteiger partial charge in [-0.05, 0) is 55.2 Å². The summed E-state index contributed by atoms with van der Waals surface area (Å²) in [6, 6.07) is 0. The van der Waals surface area contributed by atoms with Crippen LogP contribution < -0.4 is 5.56 Å². The van der Waals surface area contributed by atoms with Crippen molar-refractivity contribution in [3.63, 3.8) is 0 Å². The highest BCUT2D eigenvalue weighted by Crippen LogP contribution is 2.36. The van der Waals surface area contributed by atoms with Gasteiger partial charge in [-0.15, -0.1) is 0 Å². The Bertz CT molecular complexity index is 532. The minimum atomic E-state index is -0.467. The van der Waals surface area contributed by atoms with Crippen LogP contribution >= 0.6 is 22.6 Å². The number of hydrogen-bond donors (Lipinski definition) is 1. The van der Waals surface area contributed by atoms with Gasteiger partial charge in [0.1, 0.15) is 11.4 Å². The zero-order valence-corrected chi connectivity index (χ0v) is 15.3. The number of aromatic nitrogens is 2. The van der Waals surface area contributed by atoms with E-state index >= 15 is 0 Å². The Morgan fingerprint density at radius 2 is 1.90 bits per heavy atom. The lowest BCUT2D eigenvalue weighted by Crippen LogP contribution is -2.34. The molecule has 1 aliphatic carbocycles. The fourth-order valence-electron chi connectivity index (χ4n) is 3.30. The maximum Gasteiger partial charge on any atom is 0.264 e. The van der Waals surface area contributed by atoms with Crippen LogP contribution in [0.1, 0.15) is 76.7 Å². The number of rotatable bonds is 6. The van der Waals surface area contributed by atoms with Gasteiger partial charge in [-0.2, -0.15) is 0 Å². The van der Waals surface area contributed by atoms with E-state index in [0.29, 0.717) is 18.3 Å². The molecular formula is C16H25IN2O2. The van der Waals surface area contributed by atoms with E-state index in [2.05, 4.69) is 41.4 Å². The number of nitrogens with one attached hydrogen (secondary N) is 1. The van der Waals surface area contributed by atoms with E-state index in [1.165, 1.54) is 12.8 Å². The molecule has 1 fully saturated rings. The number of aromatic amines is 1. The normalized spacial score (nSPS) is 16.6. The number of H-pyrrole nitrogens is 1. The second-order valence-corrected chi connectivity index (χ2v) is 6.81. The van der Waals surface area contributed by atoms with Crippen molar-refractivity contribution in [2.24, 2.45) is 0 Å². The van der Waals surface area contributed by atoms with Crippen molar-refractivity contribution in [2.75, 3.05) is 6.61 Å². The lowest BCUT2D eigenvalue weighted by Gasteiger charge is -2.31. The third-order valence-corrected chi connectivity index (χ3v) is 5.67. The summed E-state index contributed by atoms with van der Waals surface area (Å²) in [4.78, 5) is 20.2. The van der Waals surface area contributed by atoms with Gasteiger partial charge in [0.15, 0.2) is 0 Å². The van der Waals surface area contributed by atoms with Gasteiger partial charge in [0, 0.05) is 12.5 Å². The van der Waals surface area contributed by atoms with Crippen LogP contribution in [-0.4, -0.2) is 16.6 Å². The Kier molecular flexibility index (Phi) is 5.82. The molecule has 0 bridgehead atoms. The first kappa shape index (κ1) is 16.9. The maximum atomic E-state index is 12.3. The van der Waals surface area contributed by atoms with E-state index in [0.717, 1.165) is 34.9 Å². The predicted molar refractivity (Wildman–Crippen MR) is 92.7 cm³/mol. The first-order valence-corrected chi connectivity index (χ1v) is 9.10. The minimum absolute atomic E-state index is 0.0199. The van der Waals surface area contributed by atoms with Crippen LogP contribution in [0.4, 0.5) is 0 Å². The molecule has 0 spiro atoms. The van der Waals surface area contributed by atoms with Crippen molar-refractivity contribution in [1.29, 1.82) is 0 Å². The van der Waals surface area contributed by atoms with E-state index in [9.17, 15) is 4.79 Å². The van der Waals surface area contributed by atoms with Gasteiger partial charge in [0.2, 0.25) is 0 Å². The highest BCUT2D eigenvalue weighted by atomic mass is 127. The summed E-state index contributed by atoms with van der Waals surface area (Å²) in [5.41, 5.74) is 0.498. The molecule has 0 aliphatic heterocycles. The Labute approximate surface area is 140 Å². The molecule has 4 nitrogen and oxygen atoms in total.